The first-order valence-corrected chi connectivity index (χ1v) is 0. The SMILES string of the molecule is P.[Sn].[Sn].[Sn]. The number of rotatable bonds is 0. The molecule has 1 atom stereocenters. The molecule has 0 saturated heterocycles. The van der Waals surface area contributed by atoms with Crippen molar-refractivity contribution in [3.05, 3.63) is 0 Å². The number of hydrogen-bond donors (Lipinski definition) is 0. The second kappa shape index (κ2) is 17.0. The minimum Gasteiger partial charge on any atom is -0.153 e. The van der Waals surface area contributed by atoms with Crippen LogP contribution in [0.15, 0.2) is 0 Å². The molecule has 0 aliphatic heterocycles. The first kappa shape index (κ1) is 29.0. The third-order valence-electron chi connectivity index (χ3n) is 0. The molecule has 0 nitrogen and oxygen atoms in total. The standard InChI is InChI=1S/H3P.3Sn/h1H3;;;. The molecule has 12 radical (unpaired) electrons. The Balaban J connectivity index is 0. The van der Waals surface area contributed by atoms with Gasteiger partial charge in [-0.1, -0.05) is 0 Å². The Kier molecular flexibility index (Phi) is 123. The molecule has 1 unspecified atom stereocenters. The van der Waals surface area contributed by atoms with E-state index in [1.54, 1.807) is 0 Å². The summed E-state index contributed by atoms with van der Waals surface area (Å²) in [6, 6.07) is 0. The van der Waals surface area contributed by atoms with E-state index in [-0.39, 0.29) is 81.6 Å². The van der Waals surface area contributed by atoms with E-state index >= 15 is 0 Å². The average Bonchev–Trinajstić information content (AvgIpc) is 0. The van der Waals surface area contributed by atoms with Gasteiger partial charge in [0.25, 0.3) is 0 Å². The van der Waals surface area contributed by atoms with Gasteiger partial charge in [-0.15, -0.1) is 0 Å². The zero-order valence-corrected chi connectivity index (χ0v) is 12.2. The maximum absolute atomic E-state index is 0. The van der Waals surface area contributed by atoms with Crippen molar-refractivity contribution < 1.29 is 0 Å². The van der Waals surface area contributed by atoms with Gasteiger partial charge in [-0.05, 0) is 0 Å². The first-order valence-electron chi connectivity index (χ1n) is 0. The van der Waals surface area contributed by atoms with Crippen molar-refractivity contribution in [1.29, 1.82) is 0 Å². The van der Waals surface area contributed by atoms with Crippen LogP contribution in [-0.2, 0) is 0 Å². The van der Waals surface area contributed by atoms with E-state index in [0.717, 1.165) is 0 Å². The molecule has 0 spiro atoms. The Bertz CT molecular complexity index is 3.25. The zero-order valence-electron chi connectivity index (χ0n) is 2.21. The van der Waals surface area contributed by atoms with Crippen molar-refractivity contribution in [3.8, 4) is 0 Å². The molecule has 0 aromatic heterocycles. The Morgan fingerprint density at radius 1 is 0.500 bits per heavy atom. The topological polar surface area (TPSA) is 0 Å². The quantitative estimate of drug-likeness (QED) is 0.365. The van der Waals surface area contributed by atoms with Crippen LogP contribution in [0.5, 0.6) is 0 Å². The fraction of sp³-hybridized carbons (Fsp3) is 0. The fourth-order valence-corrected chi connectivity index (χ4v) is 0. The number of hydrogen-bond acceptors (Lipinski definition) is 0. The van der Waals surface area contributed by atoms with Crippen molar-refractivity contribution in [2.75, 3.05) is 0 Å². The van der Waals surface area contributed by atoms with Crippen LogP contribution in [0.4, 0.5) is 0 Å². The van der Waals surface area contributed by atoms with Gasteiger partial charge in [0.15, 0.2) is 0 Å². The van der Waals surface area contributed by atoms with E-state index < -0.39 is 0 Å². The van der Waals surface area contributed by atoms with Crippen LogP contribution >= 0.6 is 9.90 Å². The van der Waals surface area contributed by atoms with Crippen LogP contribution in [0.3, 0.4) is 0 Å². The summed E-state index contributed by atoms with van der Waals surface area (Å²) in [5, 5.41) is 0. The summed E-state index contributed by atoms with van der Waals surface area (Å²) in [7, 11) is 0. The van der Waals surface area contributed by atoms with Gasteiger partial charge in [-0.25, -0.2) is 0 Å². The minimum atomic E-state index is 0. The molecule has 0 aromatic rings. The van der Waals surface area contributed by atoms with E-state index in [2.05, 4.69) is 0 Å². The molecule has 0 saturated carbocycles. The third-order valence-corrected chi connectivity index (χ3v) is 0. The summed E-state index contributed by atoms with van der Waals surface area (Å²) in [6.45, 7) is 0. The normalized spacial score (nSPS) is 0. The van der Waals surface area contributed by atoms with Crippen molar-refractivity contribution in [3.63, 3.8) is 0 Å². The van der Waals surface area contributed by atoms with Gasteiger partial charge in [0.05, 0.1) is 0 Å². The molecule has 0 aliphatic rings. The summed E-state index contributed by atoms with van der Waals surface area (Å²) in [4.78, 5) is 0. The maximum Gasteiger partial charge on any atom is 0 e. The minimum absolute atomic E-state index is 0. The summed E-state index contributed by atoms with van der Waals surface area (Å²) < 4.78 is 0. The van der Waals surface area contributed by atoms with E-state index in [9.17, 15) is 0 Å². The third kappa shape index (κ3) is 8.85. The van der Waals surface area contributed by atoms with Crippen LogP contribution in [0.2, 0.25) is 0 Å². The maximum atomic E-state index is 0. The largest absolute Gasteiger partial charge is 0.153 e. The van der Waals surface area contributed by atoms with Crippen LogP contribution in [0.1, 0.15) is 0 Å². The average molecular weight is 390 g/mol. The molecule has 0 aromatic carbocycles. The van der Waals surface area contributed by atoms with Crippen LogP contribution in [-0.4, -0.2) is 71.7 Å². The molecule has 4 heavy (non-hydrogen) atoms. The molecule has 0 aliphatic carbocycles. The van der Waals surface area contributed by atoms with Crippen molar-refractivity contribution >= 4 is 81.6 Å². The molecule has 0 N–H and O–H groups in total. The van der Waals surface area contributed by atoms with Crippen LogP contribution in [0, 0.1) is 0 Å². The van der Waals surface area contributed by atoms with E-state index in [1.165, 1.54) is 0 Å². The van der Waals surface area contributed by atoms with Gasteiger partial charge < -0.3 is 0 Å². The Labute approximate surface area is 80.4 Å². The Morgan fingerprint density at radius 2 is 0.500 bits per heavy atom. The summed E-state index contributed by atoms with van der Waals surface area (Å²) in [5.41, 5.74) is 0. The summed E-state index contributed by atoms with van der Waals surface area (Å²) >= 11 is 0. The molecule has 0 heterocycles. The predicted octanol–water partition coefficient (Wildman–Crippen LogP) is -1.08. The van der Waals surface area contributed by atoms with Crippen LogP contribution < -0.4 is 0 Å². The van der Waals surface area contributed by atoms with Gasteiger partial charge in [0.2, 0.25) is 0 Å². The summed E-state index contributed by atoms with van der Waals surface area (Å²) in [6.07, 6.45) is 0. The predicted molar refractivity (Wildman–Crippen MR) is 28.4 cm³/mol. The zero-order chi connectivity index (χ0) is 0. The summed E-state index contributed by atoms with van der Waals surface area (Å²) in [5.74, 6) is 0. The molecule has 4 heteroatoms. The fourth-order valence-electron chi connectivity index (χ4n) is 0. The molecule has 0 amide bonds. The molecule has 0 bridgehead atoms. The Morgan fingerprint density at radius 3 is 0.500 bits per heavy atom. The Hall–Kier alpha value is 2.83. The van der Waals surface area contributed by atoms with Gasteiger partial charge in [0.1, 0.15) is 0 Å². The van der Waals surface area contributed by atoms with Crippen LogP contribution in [0.25, 0.3) is 0 Å². The van der Waals surface area contributed by atoms with Gasteiger partial charge in [-0.3, -0.25) is 0 Å². The van der Waals surface area contributed by atoms with E-state index in [1.807, 2.05) is 0 Å². The van der Waals surface area contributed by atoms with Crippen molar-refractivity contribution in [2.24, 2.45) is 0 Å². The molecule has 0 fully saturated rings. The van der Waals surface area contributed by atoms with Gasteiger partial charge in [0, 0.05) is 71.7 Å². The van der Waals surface area contributed by atoms with Gasteiger partial charge >= 0.3 is 0 Å². The van der Waals surface area contributed by atoms with Crippen molar-refractivity contribution in [1.82, 2.24) is 0 Å². The second-order valence-electron chi connectivity index (χ2n) is 0. The smallest absolute Gasteiger partial charge is 0 e. The van der Waals surface area contributed by atoms with E-state index in [0.29, 0.717) is 0 Å². The molecular formula is H3PSn3. The molecule has 0 rings (SSSR count). The molecule has 20 valence electrons. The second-order valence-corrected chi connectivity index (χ2v) is 0. The van der Waals surface area contributed by atoms with Gasteiger partial charge in [-0.2, -0.15) is 9.90 Å². The monoisotopic (exact) mass is 394 g/mol. The van der Waals surface area contributed by atoms with Crippen molar-refractivity contribution in [2.45, 2.75) is 0 Å². The first-order chi connectivity index (χ1) is 0. The van der Waals surface area contributed by atoms with E-state index in [4.69, 9.17) is 0 Å². The molecular weight excluding hydrogens is 387 g/mol.